The van der Waals surface area contributed by atoms with Crippen molar-refractivity contribution in [3.05, 3.63) is 59.7 Å². The van der Waals surface area contributed by atoms with Crippen molar-refractivity contribution in [1.29, 1.82) is 0 Å². The van der Waals surface area contributed by atoms with Crippen LogP contribution in [0.25, 0.3) is 0 Å². The molecule has 2 aromatic rings. The van der Waals surface area contributed by atoms with E-state index in [4.69, 9.17) is 9.47 Å². The number of rotatable bonds is 6. The minimum atomic E-state index is -1.22. The van der Waals surface area contributed by atoms with Gasteiger partial charge in [0.25, 0.3) is 5.91 Å². The largest absolute Gasteiger partial charge is 0.447 e. The summed E-state index contributed by atoms with van der Waals surface area (Å²) < 4.78 is 11.6. The smallest absolute Gasteiger partial charge is 0.414 e. The zero-order valence-corrected chi connectivity index (χ0v) is 20.3. The van der Waals surface area contributed by atoms with Crippen LogP contribution in [0.4, 0.5) is 16.2 Å². The average molecular weight is 481 g/mol. The van der Waals surface area contributed by atoms with E-state index in [1.807, 2.05) is 55.5 Å². The molecule has 3 aliphatic rings. The Morgan fingerprint density at radius 1 is 1.11 bits per heavy atom. The number of aliphatic hydroxyl groups excluding tert-OH is 1. The van der Waals surface area contributed by atoms with Crippen molar-refractivity contribution in [3.8, 4) is 0 Å². The maximum Gasteiger partial charge on any atom is 0.414 e. The molecule has 0 radical (unpaired) electrons. The molecule has 0 aliphatic carbocycles. The van der Waals surface area contributed by atoms with Gasteiger partial charge in [-0.15, -0.1) is 0 Å². The highest BCUT2D eigenvalue weighted by molar-refractivity contribution is 6.07. The van der Waals surface area contributed by atoms with Gasteiger partial charge in [-0.1, -0.05) is 37.3 Å². The molecule has 2 aromatic carbocycles. The van der Waals surface area contributed by atoms with Crippen LogP contribution in [-0.2, 0) is 26.4 Å². The lowest BCUT2D eigenvalue weighted by molar-refractivity contribution is -0.146. The van der Waals surface area contributed by atoms with Gasteiger partial charge in [0.1, 0.15) is 6.61 Å². The van der Waals surface area contributed by atoms with Crippen molar-refractivity contribution >= 4 is 23.4 Å². The number of hydrogen-bond donors (Lipinski definition) is 2. The standard InChI is InChI=1S/C27H32N2O6/c1-17-23(26(2,3)33)22(12-14-30)35-27(17)20-6-4-5-7-21(20)29(24(27)31)16-18-8-10-19(11-9-18)28-13-15-34-25(28)32/h4-11,17,22-23,30,33H,12-16H2,1-3H3/t17-,22+,23-,27+/m1/s1. The number of anilines is 2. The number of fused-ring (bicyclic) bond motifs is 2. The normalized spacial score (nSPS) is 28.2. The molecule has 0 unspecified atom stereocenters. The summed E-state index contributed by atoms with van der Waals surface area (Å²) in [5, 5.41) is 20.6. The summed E-state index contributed by atoms with van der Waals surface area (Å²) in [5.41, 5.74) is 0.948. The molecule has 3 heterocycles. The van der Waals surface area contributed by atoms with Crippen LogP contribution in [0.15, 0.2) is 48.5 Å². The Labute approximate surface area is 205 Å². The van der Waals surface area contributed by atoms with Crippen LogP contribution in [0.5, 0.6) is 0 Å². The molecule has 5 rings (SSSR count). The van der Waals surface area contributed by atoms with Crippen molar-refractivity contribution in [2.45, 2.75) is 51.0 Å². The van der Waals surface area contributed by atoms with Gasteiger partial charge in [0.15, 0.2) is 5.60 Å². The Balaban J connectivity index is 1.48. The van der Waals surface area contributed by atoms with E-state index in [-0.39, 0.29) is 30.4 Å². The number of carbonyl (C=O) groups excluding carboxylic acids is 2. The molecular weight excluding hydrogens is 448 g/mol. The van der Waals surface area contributed by atoms with Crippen molar-refractivity contribution in [2.75, 3.05) is 29.6 Å². The fraction of sp³-hybridized carbons (Fsp3) is 0.481. The quantitative estimate of drug-likeness (QED) is 0.659. The van der Waals surface area contributed by atoms with Crippen LogP contribution < -0.4 is 9.80 Å². The summed E-state index contributed by atoms with van der Waals surface area (Å²) in [4.78, 5) is 29.3. The predicted molar refractivity (Wildman–Crippen MR) is 130 cm³/mol. The van der Waals surface area contributed by atoms with E-state index in [1.165, 1.54) is 0 Å². The van der Waals surface area contributed by atoms with E-state index in [0.717, 1.165) is 22.5 Å². The van der Waals surface area contributed by atoms with Crippen molar-refractivity contribution in [1.82, 2.24) is 0 Å². The Hall–Kier alpha value is -2.94. The van der Waals surface area contributed by atoms with Gasteiger partial charge in [0, 0.05) is 29.7 Å². The van der Waals surface area contributed by atoms with Crippen LogP contribution in [0.1, 0.15) is 38.3 Å². The zero-order valence-electron chi connectivity index (χ0n) is 20.3. The SMILES string of the molecule is C[C@@H]1[C@@H](C(C)(C)O)[C@H](CCO)O[C@@]12C(=O)N(Cc1ccc(N3CCOC3=O)cc1)c1ccccc12. The number of benzene rings is 2. The lowest BCUT2D eigenvalue weighted by atomic mass is 9.71. The molecule has 2 fully saturated rings. The molecule has 0 aromatic heterocycles. The topological polar surface area (TPSA) is 99.5 Å². The summed E-state index contributed by atoms with van der Waals surface area (Å²) in [6.07, 6.45) is -0.461. The molecule has 8 heteroatoms. The molecule has 4 atom stereocenters. The minimum absolute atomic E-state index is 0.0868. The van der Waals surface area contributed by atoms with Gasteiger partial charge in [-0.3, -0.25) is 9.69 Å². The van der Waals surface area contributed by atoms with Crippen molar-refractivity contribution in [3.63, 3.8) is 0 Å². The lowest BCUT2D eigenvalue weighted by Crippen LogP contribution is -2.46. The molecule has 0 bridgehead atoms. The Morgan fingerprint density at radius 3 is 2.46 bits per heavy atom. The van der Waals surface area contributed by atoms with Gasteiger partial charge in [0.05, 0.1) is 30.5 Å². The number of nitrogens with zero attached hydrogens (tertiary/aromatic N) is 2. The third-order valence-corrected chi connectivity index (χ3v) is 7.65. The zero-order chi connectivity index (χ0) is 25.0. The second kappa shape index (κ2) is 8.62. The average Bonchev–Trinajstić information content (AvgIpc) is 3.45. The van der Waals surface area contributed by atoms with E-state index in [9.17, 15) is 19.8 Å². The summed E-state index contributed by atoms with van der Waals surface area (Å²) in [5.74, 6) is -0.791. The van der Waals surface area contributed by atoms with Crippen LogP contribution >= 0.6 is 0 Å². The highest BCUT2D eigenvalue weighted by Gasteiger charge is 2.65. The number of ether oxygens (including phenoxy) is 2. The predicted octanol–water partition coefficient (Wildman–Crippen LogP) is 3.19. The monoisotopic (exact) mass is 480 g/mol. The first kappa shape index (κ1) is 23.8. The Bertz CT molecular complexity index is 1130. The number of amides is 2. The summed E-state index contributed by atoms with van der Waals surface area (Å²) in [6.45, 7) is 6.59. The molecule has 0 saturated carbocycles. The second-order valence-corrected chi connectivity index (χ2v) is 10.2. The van der Waals surface area contributed by atoms with Crippen LogP contribution in [0, 0.1) is 11.8 Å². The van der Waals surface area contributed by atoms with E-state index in [2.05, 4.69) is 0 Å². The molecule has 2 N–H and O–H groups in total. The molecule has 3 aliphatic heterocycles. The second-order valence-electron chi connectivity index (χ2n) is 10.2. The maximum atomic E-state index is 14.1. The number of carbonyl (C=O) groups is 2. The van der Waals surface area contributed by atoms with Crippen molar-refractivity contribution in [2.24, 2.45) is 11.8 Å². The molecule has 2 amide bonds. The van der Waals surface area contributed by atoms with E-state index < -0.39 is 17.3 Å². The highest BCUT2D eigenvalue weighted by atomic mass is 16.6. The highest BCUT2D eigenvalue weighted by Crippen LogP contribution is 2.57. The van der Waals surface area contributed by atoms with E-state index >= 15 is 0 Å². The molecule has 35 heavy (non-hydrogen) atoms. The first-order valence-corrected chi connectivity index (χ1v) is 12.1. The van der Waals surface area contributed by atoms with Gasteiger partial charge in [-0.05, 0) is 44.0 Å². The van der Waals surface area contributed by atoms with Crippen LogP contribution in [-0.4, -0.2) is 53.7 Å². The number of hydrogen-bond acceptors (Lipinski definition) is 6. The fourth-order valence-corrected chi connectivity index (χ4v) is 6.18. The molecule has 186 valence electrons. The van der Waals surface area contributed by atoms with E-state index in [0.29, 0.717) is 26.1 Å². The first-order valence-electron chi connectivity index (χ1n) is 12.1. The summed E-state index contributed by atoms with van der Waals surface area (Å²) in [6, 6.07) is 15.2. The van der Waals surface area contributed by atoms with Gasteiger partial charge in [-0.2, -0.15) is 0 Å². The van der Waals surface area contributed by atoms with Gasteiger partial charge >= 0.3 is 6.09 Å². The molecule has 2 saturated heterocycles. The summed E-state index contributed by atoms with van der Waals surface area (Å²) >= 11 is 0. The Kier molecular flexibility index (Phi) is 5.86. The van der Waals surface area contributed by atoms with E-state index in [1.54, 1.807) is 23.6 Å². The lowest BCUT2D eigenvalue weighted by Gasteiger charge is -2.34. The maximum absolute atomic E-state index is 14.1. The number of para-hydroxylation sites is 1. The first-order chi connectivity index (χ1) is 16.7. The van der Waals surface area contributed by atoms with Crippen LogP contribution in [0.3, 0.4) is 0 Å². The summed E-state index contributed by atoms with van der Waals surface area (Å²) in [7, 11) is 0. The van der Waals surface area contributed by atoms with Gasteiger partial charge in [-0.25, -0.2) is 4.79 Å². The number of cyclic esters (lactones) is 1. The van der Waals surface area contributed by atoms with Crippen molar-refractivity contribution < 1.29 is 29.3 Å². The molecule has 8 nitrogen and oxygen atoms in total. The fourth-order valence-electron chi connectivity index (χ4n) is 6.18. The minimum Gasteiger partial charge on any atom is -0.447 e. The molecular formula is C27H32N2O6. The van der Waals surface area contributed by atoms with Gasteiger partial charge < -0.3 is 24.6 Å². The van der Waals surface area contributed by atoms with Crippen LogP contribution in [0.2, 0.25) is 0 Å². The molecule has 1 spiro atoms. The number of aliphatic hydroxyl groups is 2. The third-order valence-electron chi connectivity index (χ3n) is 7.65. The Morgan fingerprint density at radius 2 is 1.83 bits per heavy atom. The third kappa shape index (κ3) is 3.71. The van der Waals surface area contributed by atoms with Gasteiger partial charge in [0.2, 0.25) is 0 Å².